The van der Waals surface area contributed by atoms with Crippen LogP contribution in [0.5, 0.6) is 0 Å². The van der Waals surface area contributed by atoms with Gasteiger partial charge in [0.05, 0.1) is 19.8 Å². The molecular formula is C22H30F2N4O3. The van der Waals surface area contributed by atoms with E-state index in [9.17, 15) is 13.6 Å². The molecule has 1 atom stereocenters. The lowest BCUT2D eigenvalue weighted by Gasteiger charge is -2.27. The average molecular weight is 437 g/mol. The number of carbonyl (C=O) groups excluding carboxylic acids is 1. The maximum Gasteiger partial charge on any atom is 0.273 e. The van der Waals surface area contributed by atoms with Crippen LogP contribution >= 0.6 is 0 Å². The van der Waals surface area contributed by atoms with Gasteiger partial charge in [0.25, 0.3) is 5.91 Å². The number of oxazole rings is 1. The fourth-order valence-corrected chi connectivity index (χ4v) is 3.40. The molecule has 1 aliphatic heterocycles. The van der Waals surface area contributed by atoms with Crippen molar-refractivity contribution in [2.75, 3.05) is 39.4 Å². The molecule has 3 rings (SSSR count). The molecule has 1 aromatic carbocycles. The molecule has 31 heavy (non-hydrogen) atoms. The summed E-state index contributed by atoms with van der Waals surface area (Å²) in [5.41, 5.74) is 0.614. The predicted molar refractivity (Wildman–Crippen MR) is 111 cm³/mol. The van der Waals surface area contributed by atoms with Crippen LogP contribution in [-0.4, -0.2) is 66.1 Å². The van der Waals surface area contributed by atoms with E-state index in [1.54, 1.807) is 0 Å². The van der Waals surface area contributed by atoms with Crippen LogP contribution in [0.25, 0.3) is 0 Å². The molecule has 0 aliphatic carbocycles. The second kappa shape index (κ2) is 11.3. The minimum atomic E-state index is -0.603. The van der Waals surface area contributed by atoms with Crippen molar-refractivity contribution in [2.24, 2.45) is 0 Å². The Labute approximate surface area is 181 Å². The highest BCUT2D eigenvalue weighted by Crippen LogP contribution is 2.18. The van der Waals surface area contributed by atoms with Gasteiger partial charge in [0, 0.05) is 50.4 Å². The Bertz CT molecular complexity index is 855. The lowest BCUT2D eigenvalue weighted by molar-refractivity contribution is 0.0383. The highest BCUT2D eigenvalue weighted by molar-refractivity contribution is 5.91. The molecule has 0 bridgehead atoms. The summed E-state index contributed by atoms with van der Waals surface area (Å²) in [7, 11) is 0. The fourth-order valence-electron chi connectivity index (χ4n) is 3.40. The van der Waals surface area contributed by atoms with Gasteiger partial charge in [-0.15, -0.1) is 0 Å². The number of nitrogens with zero attached hydrogens (tertiary/aromatic N) is 3. The molecule has 2 aromatic rings. The summed E-state index contributed by atoms with van der Waals surface area (Å²) in [4.78, 5) is 20.9. The molecule has 0 saturated carbocycles. The quantitative estimate of drug-likeness (QED) is 0.618. The van der Waals surface area contributed by atoms with Gasteiger partial charge in [0.15, 0.2) is 5.69 Å². The van der Waals surface area contributed by atoms with Gasteiger partial charge in [-0.1, -0.05) is 13.0 Å². The Hall–Kier alpha value is -2.36. The maximum atomic E-state index is 14.1. The summed E-state index contributed by atoms with van der Waals surface area (Å²) >= 11 is 0. The fraction of sp³-hybridized carbons (Fsp3) is 0.545. The molecule has 1 fully saturated rings. The number of nitrogens with one attached hydrogen (secondary N) is 1. The number of halogens is 2. The van der Waals surface area contributed by atoms with Crippen molar-refractivity contribution in [1.29, 1.82) is 0 Å². The van der Waals surface area contributed by atoms with E-state index in [1.807, 2.05) is 18.7 Å². The maximum absolute atomic E-state index is 14.1. The molecule has 1 N–H and O–H groups in total. The minimum Gasteiger partial charge on any atom is -0.447 e. The third-order valence-electron chi connectivity index (χ3n) is 5.54. The summed E-state index contributed by atoms with van der Waals surface area (Å²) in [5.74, 6) is -1.10. The largest absolute Gasteiger partial charge is 0.447 e. The molecule has 1 unspecified atom stereocenters. The molecule has 9 heteroatoms. The zero-order valence-electron chi connectivity index (χ0n) is 18.1. The van der Waals surface area contributed by atoms with Crippen LogP contribution in [-0.2, 0) is 17.8 Å². The molecule has 1 saturated heterocycles. The minimum absolute atomic E-state index is 0.113. The number of benzene rings is 1. The summed E-state index contributed by atoms with van der Waals surface area (Å²) in [6.45, 7) is 9.08. The Balaban J connectivity index is 1.56. The van der Waals surface area contributed by atoms with Gasteiger partial charge < -0.3 is 14.5 Å². The standard InChI is InChI=1S/C22H30F2N4O3/c1-3-16(2)28(13-17-4-5-18(23)12-19(17)24)14-21-26-20(15-31-21)22(29)25-6-7-27-8-10-30-11-9-27/h4-5,12,15-16H,3,6-11,13-14H2,1-2H3,(H,25,29). The Morgan fingerprint density at radius 3 is 2.77 bits per heavy atom. The number of aromatic nitrogens is 1. The lowest BCUT2D eigenvalue weighted by atomic mass is 10.1. The van der Waals surface area contributed by atoms with Crippen molar-refractivity contribution in [1.82, 2.24) is 20.1 Å². The first-order valence-electron chi connectivity index (χ1n) is 10.7. The number of rotatable bonds is 10. The average Bonchev–Trinajstić information content (AvgIpc) is 3.24. The van der Waals surface area contributed by atoms with E-state index in [0.717, 1.165) is 45.3 Å². The number of ether oxygens (including phenoxy) is 1. The van der Waals surface area contributed by atoms with E-state index in [2.05, 4.69) is 15.2 Å². The van der Waals surface area contributed by atoms with Crippen LogP contribution < -0.4 is 5.32 Å². The molecule has 2 heterocycles. The Morgan fingerprint density at radius 2 is 2.06 bits per heavy atom. The summed E-state index contributed by atoms with van der Waals surface area (Å²) in [6.07, 6.45) is 2.17. The van der Waals surface area contributed by atoms with Crippen LogP contribution in [0.4, 0.5) is 8.78 Å². The highest BCUT2D eigenvalue weighted by atomic mass is 19.1. The third-order valence-corrected chi connectivity index (χ3v) is 5.54. The number of hydrogen-bond donors (Lipinski definition) is 1. The van der Waals surface area contributed by atoms with E-state index in [-0.39, 0.29) is 24.2 Å². The van der Waals surface area contributed by atoms with E-state index in [0.29, 0.717) is 24.5 Å². The second-order valence-electron chi connectivity index (χ2n) is 7.73. The van der Waals surface area contributed by atoms with Gasteiger partial charge in [0.1, 0.15) is 17.9 Å². The molecule has 1 aliphatic rings. The van der Waals surface area contributed by atoms with E-state index in [4.69, 9.17) is 9.15 Å². The molecule has 1 amide bonds. The zero-order valence-corrected chi connectivity index (χ0v) is 18.1. The monoisotopic (exact) mass is 436 g/mol. The first kappa shape index (κ1) is 23.3. The van der Waals surface area contributed by atoms with Crippen LogP contribution in [0, 0.1) is 11.6 Å². The van der Waals surface area contributed by atoms with Crippen molar-refractivity contribution in [3.8, 4) is 0 Å². The summed E-state index contributed by atoms with van der Waals surface area (Å²) in [6, 6.07) is 3.69. The smallest absolute Gasteiger partial charge is 0.273 e. The first-order valence-corrected chi connectivity index (χ1v) is 10.7. The van der Waals surface area contributed by atoms with Crippen molar-refractivity contribution in [2.45, 2.75) is 39.4 Å². The number of hydrogen-bond acceptors (Lipinski definition) is 6. The Kier molecular flexibility index (Phi) is 8.51. The Morgan fingerprint density at radius 1 is 1.29 bits per heavy atom. The van der Waals surface area contributed by atoms with Crippen LogP contribution in [0.3, 0.4) is 0 Å². The van der Waals surface area contributed by atoms with Crippen LogP contribution in [0.15, 0.2) is 28.9 Å². The predicted octanol–water partition coefficient (Wildman–Crippen LogP) is 2.82. The van der Waals surface area contributed by atoms with Crippen molar-refractivity contribution >= 4 is 5.91 Å². The number of amides is 1. The topological polar surface area (TPSA) is 70.8 Å². The lowest BCUT2D eigenvalue weighted by Crippen LogP contribution is -2.41. The molecule has 7 nitrogen and oxygen atoms in total. The SMILES string of the molecule is CCC(C)N(Cc1nc(C(=O)NCCN2CCOCC2)co1)Cc1ccc(F)cc1F. The normalized spacial score (nSPS) is 15.9. The molecular weight excluding hydrogens is 406 g/mol. The van der Waals surface area contributed by atoms with Crippen molar-refractivity contribution in [3.63, 3.8) is 0 Å². The van der Waals surface area contributed by atoms with Gasteiger partial charge in [0.2, 0.25) is 5.89 Å². The van der Waals surface area contributed by atoms with Gasteiger partial charge in [-0.2, -0.15) is 0 Å². The van der Waals surface area contributed by atoms with E-state index < -0.39 is 11.6 Å². The van der Waals surface area contributed by atoms with Crippen molar-refractivity contribution < 1.29 is 22.7 Å². The molecule has 0 spiro atoms. The van der Waals surface area contributed by atoms with Crippen LogP contribution in [0.2, 0.25) is 0 Å². The highest BCUT2D eigenvalue weighted by Gasteiger charge is 2.20. The van der Waals surface area contributed by atoms with Crippen LogP contribution in [0.1, 0.15) is 42.2 Å². The zero-order chi connectivity index (χ0) is 22.2. The van der Waals surface area contributed by atoms with Gasteiger partial charge in [-0.25, -0.2) is 13.8 Å². The van der Waals surface area contributed by atoms with Crippen molar-refractivity contribution in [3.05, 3.63) is 53.2 Å². The third kappa shape index (κ3) is 6.81. The van der Waals surface area contributed by atoms with Gasteiger partial charge >= 0.3 is 0 Å². The number of carbonyl (C=O) groups is 1. The van der Waals surface area contributed by atoms with E-state index in [1.165, 1.54) is 18.4 Å². The first-order chi connectivity index (χ1) is 15.0. The summed E-state index contributed by atoms with van der Waals surface area (Å²) < 4.78 is 38.1. The van der Waals surface area contributed by atoms with E-state index >= 15 is 0 Å². The van der Waals surface area contributed by atoms with Gasteiger partial charge in [-0.3, -0.25) is 14.6 Å². The molecule has 0 radical (unpaired) electrons. The number of morpholine rings is 1. The van der Waals surface area contributed by atoms with Gasteiger partial charge in [-0.05, 0) is 19.4 Å². The molecule has 170 valence electrons. The summed E-state index contributed by atoms with van der Waals surface area (Å²) in [5, 5.41) is 2.86. The molecule has 1 aromatic heterocycles. The second-order valence-corrected chi connectivity index (χ2v) is 7.73.